The number of aryl methyl sites for hydroxylation is 1. The topological polar surface area (TPSA) is 66.5 Å². The molecule has 1 atom stereocenters. The maximum Gasteiger partial charge on any atom is 0.355 e. The van der Waals surface area contributed by atoms with Gasteiger partial charge in [0.05, 0.1) is 18.9 Å². The van der Waals surface area contributed by atoms with Crippen molar-refractivity contribution in [2.24, 2.45) is 5.92 Å². The monoisotopic (exact) mass is 252 g/mol. The van der Waals surface area contributed by atoms with Crippen LogP contribution in [-0.4, -0.2) is 30.4 Å². The quantitative estimate of drug-likeness (QED) is 0.809. The molecule has 100 valence electrons. The molecule has 1 aliphatic rings. The van der Waals surface area contributed by atoms with Crippen molar-refractivity contribution < 1.29 is 14.3 Å². The number of rotatable bonds is 5. The standard InChI is InChI=1S/C13H20N2O3/c1-2-4-15-7-11(14)6-12(15)13(16)18-9-10-3-5-17-8-10/h6-7,10H,2-5,8-9,14H2,1H3. The summed E-state index contributed by atoms with van der Waals surface area (Å²) in [6, 6.07) is 1.67. The molecule has 0 radical (unpaired) electrons. The number of nitrogen functional groups attached to an aromatic ring is 1. The summed E-state index contributed by atoms with van der Waals surface area (Å²) < 4.78 is 12.4. The van der Waals surface area contributed by atoms with Gasteiger partial charge in [0, 0.05) is 25.3 Å². The highest BCUT2D eigenvalue weighted by molar-refractivity contribution is 5.89. The number of hydrogen-bond donors (Lipinski definition) is 1. The van der Waals surface area contributed by atoms with E-state index in [0.29, 0.717) is 30.5 Å². The Balaban J connectivity index is 1.94. The Labute approximate surface area is 107 Å². The molecule has 1 fully saturated rings. The molecule has 1 unspecified atom stereocenters. The minimum Gasteiger partial charge on any atom is -0.461 e. The summed E-state index contributed by atoms with van der Waals surface area (Å²) in [5.41, 5.74) is 6.85. The summed E-state index contributed by atoms with van der Waals surface area (Å²) in [7, 11) is 0. The zero-order valence-electron chi connectivity index (χ0n) is 10.7. The van der Waals surface area contributed by atoms with Crippen molar-refractivity contribution in [2.45, 2.75) is 26.3 Å². The van der Waals surface area contributed by atoms with Gasteiger partial charge in [0.15, 0.2) is 0 Å². The van der Waals surface area contributed by atoms with E-state index < -0.39 is 0 Å². The van der Waals surface area contributed by atoms with Crippen LogP contribution in [0.1, 0.15) is 30.3 Å². The van der Waals surface area contributed by atoms with Gasteiger partial charge in [0.2, 0.25) is 0 Å². The van der Waals surface area contributed by atoms with Gasteiger partial charge in [0.1, 0.15) is 5.69 Å². The molecule has 2 rings (SSSR count). The molecule has 1 aliphatic heterocycles. The largest absolute Gasteiger partial charge is 0.461 e. The normalized spacial score (nSPS) is 19.1. The van der Waals surface area contributed by atoms with Crippen molar-refractivity contribution in [3.05, 3.63) is 18.0 Å². The van der Waals surface area contributed by atoms with E-state index in [0.717, 1.165) is 26.0 Å². The number of ether oxygens (including phenoxy) is 2. The Hall–Kier alpha value is -1.49. The van der Waals surface area contributed by atoms with Crippen LogP contribution in [0, 0.1) is 5.92 Å². The molecule has 0 saturated carbocycles. The SMILES string of the molecule is CCCn1cc(N)cc1C(=O)OCC1CCOC1. The van der Waals surface area contributed by atoms with Crippen LogP contribution in [0.25, 0.3) is 0 Å². The van der Waals surface area contributed by atoms with E-state index in [1.165, 1.54) is 0 Å². The second-order valence-corrected chi connectivity index (χ2v) is 4.68. The number of anilines is 1. The van der Waals surface area contributed by atoms with Crippen LogP contribution >= 0.6 is 0 Å². The molecule has 0 amide bonds. The van der Waals surface area contributed by atoms with Crippen LogP contribution in [-0.2, 0) is 16.0 Å². The van der Waals surface area contributed by atoms with E-state index in [-0.39, 0.29) is 5.97 Å². The fraction of sp³-hybridized carbons (Fsp3) is 0.615. The van der Waals surface area contributed by atoms with E-state index >= 15 is 0 Å². The first-order chi connectivity index (χ1) is 8.70. The van der Waals surface area contributed by atoms with E-state index in [9.17, 15) is 4.79 Å². The van der Waals surface area contributed by atoms with E-state index in [2.05, 4.69) is 6.92 Å². The van der Waals surface area contributed by atoms with E-state index in [1.54, 1.807) is 12.3 Å². The highest BCUT2D eigenvalue weighted by Crippen LogP contribution is 2.16. The minimum atomic E-state index is -0.299. The third-order valence-electron chi connectivity index (χ3n) is 3.07. The number of carbonyl (C=O) groups excluding carboxylic acids is 1. The maximum absolute atomic E-state index is 12.0. The van der Waals surface area contributed by atoms with Crippen LogP contribution in [0.4, 0.5) is 5.69 Å². The van der Waals surface area contributed by atoms with Gasteiger partial charge >= 0.3 is 5.97 Å². The second-order valence-electron chi connectivity index (χ2n) is 4.68. The molecule has 0 aliphatic carbocycles. The summed E-state index contributed by atoms with van der Waals surface area (Å²) in [4.78, 5) is 12.0. The molecule has 0 spiro atoms. The lowest BCUT2D eigenvalue weighted by molar-refractivity contribution is 0.0416. The Morgan fingerprint density at radius 1 is 1.67 bits per heavy atom. The van der Waals surface area contributed by atoms with Gasteiger partial charge in [-0.25, -0.2) is 4.79 Å². The Morgan fingerprint density at radius 3 is 3.17 bits per heavy atom. The lowest BCUT2D eigenvalue weighted by Crippen LogP contribution is -2.17. The predicted octanol–water partition coefficient (Wildman–Crippen LogP) is 1.67. The van der Waals surface area contributed by atoms with Gasteiger partial charge in [-0.15, -0.1) is 0 Å². The van der Waals surface area contributed by atoms with Crippen LogP contribution in [0.3, 0.4) is 0 Å². The van der Waals surface area contributed by atoms with Crippen LogP contribution in [0.15, 0.2) is 12.3 Å². The number of nitrogens with zero attached hydrogens (tertiary/aromatic N) is 1. The Morgan fingerprint density at radius 2 is 2.50 bits per heavy atom. The molecule has 0 aromatic carbocycles. The first-order valence-corrected chi connectivity index (χ1v) is 6.41. The van der Waals surface area contributed by atoms with Gasteiger partial charge < -0.3 is 19.8 Å². The summed E-state index contributed by atoms with van der Waals surface area (Å²) >= 11 is 0. The van der Waals surface area contributed by atoms with Gasteiger partial charge in [0.25, 0.3) is 0 Å². The molecule has 18 heavy (non-hydrogen) atoms. The van der Waals surface area contributed by atoms with Crippen molar-refractivity contribution in [3.63, 3.8) is 0 Å². The average Bonchev–Trinajstić information content (AvgIpc) is 2.96. The highest BCUT2D eigenvalue weighted by Gasteiger charge is 2.20. The van der Waals surface area contributed by atoms with Gasteiger partial charge in [-0.05, 0) is 18.9 Å². The van der Waals surface area contributed by atoms with Crippen molar-refractivity contribution in [1.82, 2.24) is 4.57 Å². The first kappa shape index (κ1) is 13.0. The van der Waals surface area contributed by atoms with E-state index in [4.69, 9.17) is 15.2 Å². The molecular formula is C13H20N2O3. The molecule has 5 heteroatoms. The number of nitrogens with two attached hydrogens (primary N) is 1. The smallest absolute Gasteiger partial charge is 0.355 e. The van der Waals surface area contributed by atoms with Gasteiger partial charge in [-0.1, -0.05) is 6.92 Å². The maximum atomic E-state index is 12.0. The molecule has 2 heterocycles. The third-order valence-corrected chi connectivity index (χ3v) is 3.07. The molecule has 5 nitrogen and oxygen atoms in total. The number of carbonyl (C=O) groups is 1. The number of esters is 1. The number of hydrogen-bond acceptors (Lipinski definition) is 4. The molecule has 0 bridgehead atoms. The highest BCUT2D eigenvalue weighted by atomic mass is 16.5. The molecule has 1 aromatic rings. The molecule has 1 aromatic heterocycles. The zero-order chi connectivity index (χ0) is 13.0. The first-order valence-electron chi connectivity index (χ1n) is 6.41. The van der Waals surface area contributed by atoms with Crippen LogP contribution < -0.4 is 5.73 Å². The Kier molecular flexibility index (Phi) is 4.25. The fourth-order valence-corrected chi connectivity index (χ4v) is 2.11. The summed E-state index contributed by atoms with van der Waals surface area (Å²) in [6.45, 7) is 4.71. The van der Waals surface area contributed by atoms with Crippen molar-refractivity contribution in [1.29, 1.82) is 0 Å². The molecule has 1 saturated heterocycles. The number of aromatic nitrogens is 1. The lowest BCUT2D eigenvalue weighted by atomic mass is 10.1. The second kappa shape index (κ2) is 5.91. The average molecular weight is 252 g/mol. The molecular weight excluding hydrogens is 232 g/mol. The van der Waals surface area contributed by atoms with Crippen molar-refractivity contribution >= 4 is 11.7 Å². The van der Waals surface area contributed by atoms with Crippen molar-refractivity contribution in [2.75, 3.05) is 25.6 Å². The zero-order valence-corrected chi connectivity index (χ0v) is 10.7. The summed E-state index contributed by atoms with van der Waals surface area (Å²) in [5, 5.41) is 0. The Bertz CT molecular complexity index is 408. The predicted molar refractivity (Wildman–Crippen MR) is 68.3 cm³/mol. The summed E-state index contributed by atoms with van der Waals surface area (Å²) in [6.07, 6.45) is 3.69. The van der Waals surface area contributed by atoms with Crippen molar-refractivity contribution in [3.8, 4) is 0 Å². The lowest BCUT2D eigenvalue weighted by Gasteiger charge is -2.10. The molecule has 2 N–H and O–H groups in total. The van der Waals surface area contributed by atoms with Crippen LogP contribution in [0.5, 0.6) is 0 Å². The van der Waals surface area contributed by atoms with E-state index in [1.807, 2.05) is 4.57 Å². The van der Waals surface area contributed by atoms with Crippen LogP contribution in [0.2, 0.25) is 0 Å². The van der Waals surface area contributed by atoms with Gasteiger partial charge in [-0.3, -0.25) is 0 Å². The summed E-state index contributed by atoms with van der Waals surface area (Å²) in [5.74, 6) is 0.0351. The third kappa shape index (κ3) is 3.04. The fourth-order valence-electron chi connectivity index (χ4n) is 2.11. The van der Waals surface area contributed by atoms with Gasteiger partial charge in [-0.2, -0.15) is 0 Å². The minimum absolute atomic E-state index is 0.299.